The fourth-order valence-corrected chi connectivity index (χ4v) is 9.52. The van der Waals surface area contributed by atoms with Gasteiger partial charge in [-0.1, -0.05) is 75.5 Å². The number of nitrogens with two attached hydrogens (primary N) is 1. The topological polar surface area (TPSA) is 243 Å². The van der Waals surface area contributed by atoms with Gasteiger partial charge in [0.05, 0.1) is 37.7 Å². The number of imidazole rings is 1. The third kappa shape index (κ3) is 12.7. The molecule has 3 aliphatic rings. The maximum atomic E-state index is 14.0. The van der Waals surface area contributed by atoms with Gasteiger partial charge in [0.1, 0.15) is 34.4 Å². The molecule has 5 N–H and O–H groups in total. The van der Waals surface area contributed by atoms with Crippen molar-refractivity contribution in [3.8, 4) is 17.0 Å². The van der Waals surface area contributed by atoms with Crippen LogP contribution in [-0.4, -0.2) is 135 Å². The summed E-state index contributed by atoms with van der Waals surface area (Å²) in [5.41, 5.74) is 10.7. The molecule has 0 radical (unpaired) electrons. The van der Waals surface area contributed by atoms with Crippen LogP contribution in [0.25, 0.3) is 22.9 Å². The highest BCUT2D eigenvalue weighted by atomic mass is 16.5. The second kappa shape index (κ2) is 22.9. The normalized spacial score (nSPS) is 16.0. The highest BCUT2D eigenvalue weighted by molar-refractivity contribution is 6.07. The van der Waals surface area contributed by atoms with E-state index < -0.39 is 6.03 Å². The van der Waals surface area contributed by atoms with E-state index in [1.54, 1.807) is 40.3 Å². The minimum Gasteiger partial charge on any atom is -0.495 e. The van der Waals surface area contributed by atoms with Crippen LogP contribution in [0.4, 0.5) is 22.1 Å². The van der Waals surface area contributed by atoms with E-state index in [1.807, 2.05) is 68.5 Å². The molecule has 0 spiro atoms. The number of methoxy groups -OCH3 is 1. The molecule has 73 heavy (non-hydrogen) atoms. The lowest BCUT2D eigenvalue weighted by Crippen LogP contribution is -2.50. The summed E-state index contributed by atoms with van der Waals surface area (Å²) in [6, 6.07) is 13.8. The van der Waals surface area contributed by atoms with Crippen LogP contribution < -0.4 is 31.3 Å². The van der Waals surface area contributed by atoms with Crippen molar-refractivity contribution in [2.75, 3.05) is 75.4 Å². The maximum absolute atomic E-state index is 14.0. The van der Waals surface area contributed by atoms with E-state index in [-0.39, 0.29) is 73.3 Å². The molecule has 2 saturated heterocycles. The van der Waals surface area contributed by atoms with Crippen molar-refractivity contribution in [3.63, 3.8) is 0 Å². The largest absolute Gasteiger partial charge is 0.495 e. The minimum absolute atomic E-state index is 0.0499. The number of piperazine rings is 1. The number of carbonyl (C=O) groups is 6. The van der Waals surface area contributed by atoms with E-state index in [2.05, 4.69) is 31.0 Å². The zero-order valence-electron chi connectivity index (χ0n) is 42.4. The van der Waals surface area contributed by atoms with E-state index in [0.717, 1.165) is 48.9 Å². The Kier molecular flexibility index (Phi) is 16.2. The average molecular weight is 999 g/mol. The van der Waals surface area contributed by atoms with Crippen LogP contribution in [0.1, 0.15) is 105 Å². The fraction of sp³-hybridized carbons (Fsp3) is 0.453. The summed E-state index contributed by atoms with van der Waals surface area (Å²) in [6.45, 7) is 10.8. The number of aryl methyl sites for hydroxylation is 1. The summed E-state index contributed by atoms with van der Waals surface area (Å²) >= 11 is 0. The van der Waals surface area contributed by atoms with E-state index in [1.165, 1.54) is 12.0 Å². The molecule has 1 aliphatic carbocycles. The monoisotopic (exact) mass is 999 g/mol. The lowest BCUT2D eigenvalue weighted by molar-refractivity contribution is -0.136. The number of amides is 7. The first-order valence-electron chi connectivity index (χ1n) is 25.1. The van der Waals surface area contributed by atoms with Crippen molar-refractivity contribution in [2.45, 2.75) is 96.9 Å². The molecule has 5 heterocycles. The number of rotatable bonds is 17. The number of nitrogen functional groups attached to an aromatic ring is 1. The van der Waals surface area contributed by atoms with Crippen LogP contribution in [0.2, 0.25) is 0 Å². The summed E-state index contributed by atoms with van der Waals surface area (Å²) < 4.78 is 12.8. The maximum Gasteiger partial charge on any atom is 0.328 e. The molecular formula is C53H66N12O8. The zero-order valence-corrected chi connectivity index (χ0v) is 42.4. The molecule has 2 aromatic carbocycles. The Hall–Kier alpha value is -7.61. The van der Waals surface area contributed by atoms with Gasteiger partial charge >= 0.3 is 6.03 Å². The molecule has 20 heteroatoms. The quantitative estimate of drug-likeness (QED) is 0.0870. The molecule has 5 aromatic rings. The first-order valence-corrected chi connectivity index (χ1v) is 25.1. The molecule has 1 saturated carbocycles. The summed E-state index contributed by atoms with van der Waals surface area (Å²) in [5.74, 6) is 1.39. The fourth-order valence-electron chi connectivity index (χ4n) is 9.52. The molecule has 3 aromatic heterocycles. The lowest BCUT2D eigenvalue weighted by Gasteiger charge is -2.35. The van der Waals surface area contributed by atoms with Gasteiger partial charge in [-0.15, -0.1) is 0 Å². The first kappa shape index (κ1) is 51.7. The van der Waals surface area contributed by atoms with E-state index in [4.69, 9.17) is 20.0 Å². The molecule has 7 amide bonds. The molecule has 3 fully saturated rings. The van der Waals surface area contributed by atoms with Gasteiger partial charge in [0.25, 0.3) is 5.91 Å². The molecule has 0 unspecified atom stereocenters. The lowest BCUT2D eigenvalue weighted by atomic mass is 9.93. The van der Waals surface area contributed by atoms with E-state index >= 15 is 0 Å². The predicted octanol–water partition coefficient (Wildman–Crippen LogP) is 5.74. The SMILES string of the molecule is COc1ccc(C(=O)N2CCN(CCC(=O)N(CC/C=C/c3cnc(N)c4c(-c5ccc(CC(=O)Nc6cc(C(C)(C)C)on6)cc5)nc(C)n34)CC(=O)NC3CCCCC3)CC2)cc1N1CCC(=O)NC1=O. The van der Waals surface area contributed by atoms with Gasteiger partial charge in [0, 0.05) is 87.3 Å². The highest BCUT2D eigenvalue weighted by Gasteiger charge is 2.30. The van der Waals surface area contributed by atoms with Crippen molar-refractivity contribution < 1.29 is 38.0 Å². The number of nitrogens with zero attached hydrogens (tertiary/aromatic N) is 8. The summed E-state index contributed by atoms with van der Waals surface area (Å²) in [5, 5.41) is 12.3. The van der Waals surface area contributed by atoms with Gasteiger partial charge in [-0.25, -0.2) is 14.8 Å². The van der Waals surface area contributed by atoms with Crippen LogP contribution in [0.15, 0.2) is 65.3 Å². The van der Waals surface area contributed by atoms with Gasteiger partial charge in [0.15, 0.2) is 5.82 Å². The van der Waals surface area contributed by atoms with Crippen LogP contribution in [-0.2, 0) is 31.0 Å². The van der Waals surface area contributed by atoms with Gasteiger partial charge < -0.3 is 35.4 Å². The van der Waals surface area contributed by atoms with Crippen LogP contribution in [0.5, 0.6) is 5.75 Å². The second-order valence-electron chi connectivity index (χ2n) is 19.9. The number of urea groups is 1. The third-order valence-electron chi connectivity index (χ3n) is 13.6. The Morgan fingerprint density at radius 1 is 0.973 bits per heavy atom. The number of carbonyl (C=O) groups excluding carboxylic acids is 6. The van der Waals surface area contributed by atoms with Crippen molar-refractivity contribution >= 4 is 64.5 Å². The number of imide groups is 1. The van der Waals surface area contributed by atoms with E-state index in [0.29, 0.717) is 97.1 Å². The van der Waals surface area contributed by atoms with Crippen LogP contribution in [0.3, 0.4) is 0 Å². The predicted molar refractivity (Wildman–Crippen MR) is 276 cm³/mol. The molecule has 0 atom stereocenters. The summed E-state index contributed by atoms with van der Waals surface area (Å²) in [4.78, 5) is 94.7. The minimum atomic E-state index is -0.569. The molecule has 386 valence electrons. The van der Waals surface area contributed by atoms with Crippen molar-refractivity contribution in [2.24, 2.45) is 0 Å². The van der Waals surface area contributed by atoms with Gasteiger partial charge in [-0.2, -0.15) is 0 Å². The number of hydrogen-bond donors (Lipinski definition) is 4. The Morgan fingerprint density at radius 3 is 2.42 bits per heavy atom. The number of fused-ring (bicyclic) bond motifs is 1. The number of ether oxygens (including phenoxy) is 1. The van der Waals surface area contributed by atoms with Gasteiger partial charge in [-0.05, 0) is 56.0 Å². The highest BCUT2D eigenvalue weighted by Crippen LogP contribution is 2.33. The summed E-state index contributed by atoms with van der Waals surface area (Å²) in [7, 11) is 1.48. The molecule has 20 nitrogen and oxygen atoms in total. The Bertz CT molecular complexity index is 2870. The average Bonchev–Trinajstić information content (AvgIpc) is 4.00. The second-order valence-corrected chi connectivity index (χ2v) is 19.9. The Balaban J connectivity index is 0.879. The standard InChI is InChI=1S/C53H66N12O8/c1-34-56-48(36-16-14-35(15-17-36)29-45(67)58-43-31-42(73-60-43)53(2,3)4)49-50(54)55-32-39(65(34)49)13-9-10-22-63(33-46(68)57-38-11-7-6-8-12-38)47(69)21-23-61-25-27-62(28-26-61)51(70)37-18-19-41(72-5)40(30-37)64-24-20-44(66)59-52(64)71/h9,13-19,30-32,38H,6-8,10-12,20-29,33H2,1-5H3,(H2,54,55)(H,57,68)(H,58,60,67)(H,59,66,71)/b13-9+. The molecular weight excluding hydrogens is 933 g/mol. The number of nitrogens with one attached hydrogen (secondary N) is 3. The van der Waals surface area contributed by atoms with Crippen molar-refractivity contribution in [3.05, 3.63) is 89.2 Å². The Labute approximate surface area is 424 Å². The number of anilines is 3. The number of benzene rings is 2. The van der Waals surface area contributed by atoms with Gasteiger partial charge in [0.2, 0.25) is 23.6 Å². The smallest absolute Gasteiger partial charge is 0.328 e. The number of aromatic nitrogens is 4. The molecule has 2 aliphatic heterocycles. The van der Waals surface area contributed by atoms with Crippen LogP contribution in [0, 0.1) is 6.92 Å². The zero-order chi connectivity index (χ0) is 51.8. The Morgan fingerprint density at radius 2 is 1.73 bits per heavy atom. The molecule has 0 bridgehead atoms. The number of hydrogen-bond acceptors (Lipinski definition) is 13. The molecule has 8 rings (SSSR count). The van der Waals surface area contributed by atoms with Crippen molar-refractivity contribution in [1.29, 1.82) is 0 Å². The summed E-state index contributed by atoms with van der Waals surface area (Å²) in [6.07, 6.45) is 11.7. The van der Waals surface area contributed by atoms with Crippen molar-refractivity contribution in [1.82, 2.24) is 44.9 Å². The van der Waals surface area contributed by atoms with Gasteiger partial charge in [-0.3, -0.25) is 43.5 Å². The first-order chi connectivity index (χ1) is 35.0. The third-order valence-corrected chi connectivity index (χ3v) is 13.6. The van der Waals surface area contributed by atoms with E-state index in [9.17, 15) is 28.8 Å². The van der Waals surface area contributed by atoms with Crippen LogP contribution >= 0.6 is 0 Å².